The van der Waals surface area contributed by atoms with Gasteiger partial charge in [-0.1, -0.05) is 33.8 Å². The minimum absolute atomic E-state index is 0.0224. The van der Waals surface area contributed by atoms with Crippen molar-refractivity contribution in [2.75, 3.05) is 27.3 Å². The van der Waals surface area contributed by atoms with Gasteiger partial charge in [-0.2, -0.15) is 5.26 Å². The van der Waals surface area contributed by atoms with Crippen molar-refractivity contribution in [1.82, 2.24) is 4.67 Å². The Bertz CT molecular complexity index is 492. The van der Waals surface area contributed by atoms with Gasteiger partial charge in [0.25, 0.3) is 0 Å². The first-order valence-corrected chi connectivity index (χ1v) is 11.2. The van der Waals surface area contributed by atoms with Gasteiger partial charge in [-0.05, 0) is 6.42 Å². The highest BCUT2D eigenvalue weighted by Gasteiger charge is 2.36. The molecule has 0 bridgehead atoms. The van der Waals surface area contributed by atoms with Crippen LogP contribution in [-0.4, -0.2) is 43.3 Å². The third kappa shape index (κ3) is 6.53. The fraction of sp³-hybridized carbons (Fsp3) is 0.800. The van der Waals surface area contributed by atoms with Crippen LogP contribution in [0, 0.1) is 11.3 Å². The van der Waals surface area contributed by atoms with Crippen molar-refractivity contribution in [2.24, 2.45) is 0 Å². The Balaban J connectivity index is 5.08. The molecule has 0 saturated heterocycles. The summed E-state index contributed by atoms with van der Waals surface area (Å²) in [7, 11) is -3.08. The molecule has 0 aliphatic carbocycles. The topological polar surface area (TPSA) is 79.6 Å². The smallest absolute Gasteiger partial charge is 0.309 e. The van der Waals surface area contributed by atoms with E-state index in [1.54, 1.807) is 6.08 Å². The highest BCUT2D eigenvalue weighted by molar-refractivity contribution is 7.62. The van der Waals surface area contributed by atoms with Gasteiger partial charge in [-0.3, -0.25) is 9.24 Å². The highest BCUT2D eigenvalue weighted by Crippen LogP contribution is 2.58. The van der Waals surface area contributed by atoms with Gasteiger partial charge in [0, 0.05) is 50.9 Å². The Hall–Kier alpha value is -0.430. The largest absolute Gasteiger partial charge is 0.353 e. The van der Waals surface area contributed by atoms with Crippen LogP contribution in [-0.2, 0) is 18.2 Å². The maximum absolute atomic E-state index is 13.4. The van der Waals surface area contributed by atoms with E-state index in [4.69, 9.17) is 14.3 Å². The van der Waals surface area contributed by atoms with E-state index in [-0.39, 0.29) is 11.3 Å². The molecular formula is C15H30N2O4P2. The first-order chi connectivity index (χ1) is 10.7. The van der Waals surface area contributed by atoms with Gasteiger partial charge in [0.15, 0.2) is 7.29 Å². The molecule has 0 aliphatic rings. The molecule has 8 heteroatoms. The minimum atomic E-state index is -3.16. The lowest BCUT2D eigenvalue weighted by atomic mass is 10.4. The predicted octanol–water partition coefficient (Wildman–Crippen LogP) is 4.69. The van der Waals surface area contributed by atoms with E-state index in [2.05, 4.69) is 6.07 Å². The summed E-state index contributed by atoms with van der Waals surface area (Å²) in [5.41, 5.74) is 0.0449. The monoisotopic (exact) mass is 364 g/mol. The molecule has 0 atom stereocenters. The Morgan fingerprint density at radius 2 is 1.61 bits per heavy atom. The van der Waals surface area contributed by atoms with Crippen LogP contribution >= 0.6 is 14.9 Å². The van der Waals surface area contributed by atoms with Gasteiger partial charge in [0.05, 0.1) is 6.07 Å². The second-order valence-corrected chi connectivity index (χ2v) is 11.9. The first-order valence-electron chi connectivity index (χ1n) is 7.78. The van der Waals surface area contributed by atoms with Crippen molar-refractivity contribution in [3.05, 3.63) is 11.9 Å². The fourth-order valence-electron chi connectivity index (χ4n) is 2.48. The van der Waals surface area contributed by atoms with E-state index < -0.39 is 14.9 Å². The number of nitrogens with zero attached hydrogens (tertiary/aromatic N) is 2. The molecule has 0 aromatic carbocycles. The average molecular weight is 364 g/mol. The maximum Gasteiger partial charge on any atom is 0.353 e. The lowest BCUT2D eigenvalue weighted by Gasteiger charge is -2.37. The summed E-state index contributed by atoms with van der Waals surface area (Å²) in [5.74, 6) is 1.42. The summed E-state index contributed by atoms with van der Waals surface area (Å²) in [6, 6.07) is 2.12. The summed E-state index contributed by atoms with van der Waals surface area (Å²) in [6.07, 6.45) is 2.62. The number of hydrogen-bond donors (Lipinski definition) is 0. The summed E-state index contributed by atoms with van der Waals surface area (Å²) >= 11 is 0. The lowest BCUT2D eigenvalue weighted by molar-refractivity contribution is 0.286. The third-order valence-electron chi connectivity index (χ3n) is 3.75. The molecule has 0 saturated carbocycles. The highest BCUT2D eigenvalue weighted by atomic mass is 31.2. The van der Waals surface area contributed by atoms with Crippen LogP contribution in [0.3, 0.4) is 0 Å². The average Bonchev–Trinajstić information content (AvgIpc) is 2.52. The summed E-state index contributed by atoms with van der Waals surface area (Å²) in [5, 5.41) is 8.85. The molecule has 23 heavy (non-hydrogen) atoms. The molecule has 0 N–H and O–H groups in total. The summed E-state index contributed by atoms with van der Waals surface area (Å²) < 4.78 is 37.0. The molecule has 0 spiro atoms. The van der Waals surface area contributed by atoms with Gasteiger partial charge in [0.1, 0.15) is 0 Å². The van der Waals surface area contributed by atoms with Crippen molar-refractivity contribution in [1.29, 1.82) is 5.26 Å². The van der Waals surface area contributed by atoms with Crippen LogP contribution < -0.4 is 0 Å². The molecule has 0 aliphatic heterocycles. The standard InChI is InChI=1S/C15H30N2O4P2/c1-14(2)23(19,15(3)4)17(12-9-10-16)11-7-8-13-22(18,20-5)21-6/h8,13-15H,7,9,11-12H2,1-6H3. The SMILES string of the molecule is COP(=O)(C=CCCN(CCC#N)P(=O)(C(C)C)C(C)C)OC. The Labute approximate surface area is 140 Å². The van der Waals surface area contributed by atoms with Crippen LogP contribution in [0.15, 0.2) is 11.9 Å². The van der Waals surface area contributed by atoms with Crippen molar-refractivity contribution in [3.8, 4) is 6.07 Å². The first kappa shape index (κ1) is 22.6. The third-order valence-corrected chi connectivity index (χ3v) is 9.59. The molecule has 134 valence electrons. The number of hydrogen-bond acceptors (Lipinski definition) is 5. The molecule has 0 fully saturated rings. The second-order valence-electron chi connectivity index (χ2n) is 5.80. The Morgan fingerprint density at radius 1 is 1.09 bits per heavy atom. The van der Waals surface area contributed by atoms with Crippen LogP contribution in [0.1, 0.15) is 40.5 Å². The second kappa shape index (κ2) is 10.4. The maximum atomic E-state index is 13.4. The van der Waals surface area contributed by atoms with Crippen molar-refractivity contribution in [2.45, 2.75) is 51.9 Å². The van der Waals surface area contributed by atoms with Crippen LogP contribution in [0.5, 0.6) is 0 Å². The number of nitriles is 1. The zero-order valence-electron chi connectivity index (χ0n) is 15.1. The quantitative estimate of drug-likeness (QED) is 0.495. The van der Waals surface area contributed by atoms with Crippen molar-refractivity contribution in [3.63, 3.8) is 0 Å². The van der Waals surface area contributed by atoms with E-state index in [0.29, 0.717) is 25.9 Å². The predicted molar refractivity (Wildman–Crippen MR) is 95.1 cm³/mol. The van der Waals surface area contributed by atoms with Gasteiger partial charge in [-0.15, -0.1) is 0 Å². The van der Waals surface area contributed by atoms with E-state index in [1.165, 1.54) is 20.0 Å². The van der Waals surface area contributed by atoms with E-state index in [9.17, 15) is 9.13 Å². The van der Waals surface area contributed by atoms with Gasteiger partial charge < -0.3 is 13.6 Å². The molecular weight excluding hydrogens is 334 g/mol. The van der Waals surface area contributed by atoms with Crippen LogP contribution in [0.2, 0.25) is 0 Å². The zero-order chi connectivity index (χ0) is 18.1. The zero-order valence-corrected chi connectivity index (χ0v) is 16.8. The van der Waals surface area contributed by atoms with Crippen molar-refractivity contribution >= 4 is 14.9 Å². The molecule has 0 amide bonds. The van der Waals surface area contributed by atoms with E-state index in [1.807, 2.05) is 32.4 Å². The van der Waals surface area contributed by atoms with Gasteiger partial charge >= 0.3 is 7.60 Å². The Morgan fingerprint density at radius 3 is 2.00 bits per heavy atom. The molecule has 0 aromatic heterocycles. The molecule has 0 aromatic rings. The van der Waals surface area contributed by atoms with E-state index >= 15 is 0 Å². The van der Waals surface area contributed by atoms with Crippen LogP contribution in [0.4, 0.5) is 0 Å². The molecule has 6 nitrogen and oxygen atoms in total. The normalized spacial score (nSPS) is 13.4. The fourth-order valence-corrected chi connectivity index (χ4v) is 6.62. The summed E-state index contributed by atoms with van der Waals surface area (Å²) in [6.45, 7) is 8.85. The molecule has 0 unspecified atom stereocenters. The number of rotatable bonds is 11. The summed E-state index contributed by atoms with van der Waals surface area (Å²) in [4.78, 5) is 0. The molecule has 0 rings (SSSR count). The minimum Gasteiger partial charge on any atom is -0.309 e. The van der Waals surface area contributed by atoms with Gasteiger partial charge in [-0.25, -0.2) is 0 Å². The lowest BCUT2D eigenvalue weighted by Crippen LogP contribution is -2.30. The van der Waals surface area contributed by atoms with E-state index in [0.717, 1.165) is 0 Å². The van der Waals surface area contributed by atoms with Crippen LogP contribution in [0.25, 0.3) is 0 Å². The van der Waals surface area contributed by atoms with Gasteiger partial charge in [0.2, 0.25) is 0 Å². The molecule has 0 radical (unpaired) electrons. The Kier molecular flexibility index (Phi) is 10.2. The van der Waals surface area contributed by atoms with Crippen molar-refractivity contribution < 1.29 is 18.2 Å². The molecule has 0 heterocycles.